The van der Waals surface area contributed by atoms with Crippen molar-refractivity contribution in [3.8, 4) is 0 Å². The van der Waals surface area contributed by atoms with Crippen molar-refractivity contribution < 1.29 is 0 Å². The highest BCUT2D eigenvalue weighted by molar-refractivity contribution is 5.22. The summed E-state index contributed by atoms with van der Waals surface area (Å²) in [6.07, 6.45) is 5.81. The molecule has 2 aromatic rings. The number of H-pyrrole nitrogens is 1. The van der Waals surface area contributed by atoms with Gasteiger partial charge in [0, 0.05) is 30.8 Å². The smallest absolute Gasteiger partial charge is 0.107 e. The van der Waals surface area contributed by atoms with Crippen LogP contribution in [-0.2, 0) is 6.42 Å². The Morgan fingerprint density at radius 3 is 2.55 bits per heavy atom. The van der Waals surface area contributed by atoms with Crippen molar-refractivity contribution >= 4 is 0 Å². The van der Waals surface area contributed by atoms with E-state index in [0.29, 0.717) is 17.9 Å². The molecule has 0 aliphatic carbocycles. The van der Waals surface area contributed by atoms with Crippen LogP contribution in [0, 0.1) is 5.92 Å². The Kier molecular flexibility index (Phi) is 5.36. The first-order valence-electron chi connectivity index (χ1n) is 7.46. The molecule has 0 aliphatic rings. The Morgan fingerprint density at radius 2 is 2.00 bits per heavy atom. The normalized spacial score (nSPS) is 15.8. The van der Waals surface area contributed by atoms with Gasteiger partial charge in [0.25, 0.3) is 0 Å². The second kappa shape index (κ2) is 7.25. The summed E-state index contributed by atoms with van der Waals surface area (Å²) in [7, 11) is 2.05. The predicted molar refractivity (Wildman–Crippen MR) is 83.8 cm³/mol. The first-order valence-corrected chi connectivity index (χ1v) is 7.46. The number of likely N-dealkylation sites (N-methyl/N-ethyl adjacent to an activating group) is 1. The third-order valence-electron chi connectivity index (χ3n) is 4.21. The number of imidazole rings is 1. The van der Waals surface area contributed by atoms with Crippen LogP contribution in [0.15, 0.2) is 42.7 Å². The molecule has 0 bridgehead atoms. The molecule has 2 rings (SSSR count). The van der Waals surface area contributed by atoms with Crippen molar-refractivity contribution in [3.05, 3.63) is 54.1 Å². The number of hydrogen-bond acceptors (Lipinski definition) is 2. The third kappa shape index (κ3) is 3.48. The summed E-state index contributed by atoms with van der Waals surface area (Å²) in [5.41, 5.74) is 1.41. The van der Waals surface area contributed by atoms with E-state index in [0.717, 1.165) is 12.2 Å². The highest BCUT2D eigenvalue weighted by atomic mass is 14.9. The zero-order chi connectivity index (χ0) is 14.4. The van der Waals surface area contributed by atoms with Gasteiger partial charge in [-0.2, -0.15) is 0 Å². The van der Waals surface area contributed by atoms with Gasteiger partial charge >= 0.3 is 0 Å². The lowest BCUT2D eigenvalue weighted by Gasteiger charge is -2.31. The highest BCUT2D eigenvalue weighted by Crippen LogP contribution is 2.31. The van der Waals surface area contributed by atoms with E-state index in [1.165, 1.54) is 12.0 Å². The Labute approximate surface area is 121 Å². The van der Waals surface area contributed by atoms with Crippen molar-refractivity contribution in [2.24, 2.45) is 5.92 Å². The van der Waals surface area contributed by atoms with Crippen LogP contribution in [0.2, 0.25) is 0 Å². The average Bonchev–Trinajstić information content (AvgIpc) is 3.00. The number of nitrogens with one attached hydrogen (secondary N) is 2. The molecule has 3 nitrogen and oxygen atoms in total. The van der Waals surface area contributed by atoms with Crippen LogP contribution in [0.25, 0.3) is 0 Å². The molecule has 0 fully saturated rings. The first kappa shape index (κ1) is 14.8. The molecule has 3 atom stereocenters. The van der Waals surface area contributed by atoms with Gasteiger partial charge in [0.15, 0.2) is 0 Å². The molecule has 0 saturated carbocycles. The first-order chi connectivity index (χ1) is 9.76. The molecule has 0 saturated heterocycles. The van der Waals surface area contributed by atoms with E-state index in [-0.39, 0.29) is 0 Å². The minimum Gasteiger partial charge on any atom is -0.349 e. The predicted octanol–water partition coefficient (Wildman–Crippen LogP) is 3.37. The van der Waals surface area contributed by atoms with Gasteiger partial charge in [0.2, 0.25) is 0 Å². The fraction of sp³-hybridized carbons (Fsp3) is 0.471. The lowest BCUT2D eigenvalue weighted by molar-refractivity contribution is 0.343. The molecule has 0 radical (unpaired) electrons. The van der Waals surface area contributed by atoms with Gasteiger partial charge in [-0.15, -0.1) is 0 Å². The number of nitrogens with zero attached hydrogens (tertiary/aromatic N) is 1. The van der Waals surface area contributed by atoms with Gasteiger partial charge < -0.3 is 10.3 Å². The molecular formula is C17H25N3. The van der Waals surface area contributed by atoms with Crippen LogP contribution in [-0.4, -0.2) is 23.1 Å². The molecule has 20 heavy (non-hydrogen) atoms. The van der Waals surface area contributed by atoms with Crippen LogP contribution in [0.5, 0.6) is 0 Å². The van der Waals surface area contributed by atoms with E-state index >= 15 is 0 Å². The number of aromatic nitrogens is 2. The molecule has 1 aromatic carbocycles. The van der Waals surface area contributed by atoms with E-state index in [1.807, 2.05) is 19.4 Å². The quantitative estimate of drug-likeness (QED) is 0.810. The van der Waals surface area contributed by atoms with Gasteiger partial charge in [0.05, 0.1) is 0 Å². The van der Waals surface area contributed by atoms with Gasteiger partial charge in [-0.05, 0) is 18.5 Å². The van der Waals surface area contributed by atoms with Crippen LogP contribution in [0.1, 0.15) is 37.6 Å². The van der Waals surface area contributed by atoms with Crippen LogP contribution in [0.3, 0.4) is 0 Å². The van der Waals surface area contributed by atoms with Gasteiger partial charge in [-0.25, -0.2) is 4.98 Å². The summed E-state index contributed by atoms with van der Waals surface area (Å²) in [5.74, 6) is 2.18. The lowest BCUT2D eigenvalue weighted by Crippen LogP contribution is -2.37. The molecular weight excluding hydrogens is 246 g/mol. The largest absolute Gasteiger partial charge is 0.349 e. The molecule has 3 heteroatoms. The van der Waals surface area contributed by atoms with Crippen LogP contribution >= 0.6 is 0 Å². The number of benzene rings is 1. The molecule has 1 heterocycles. The standard InChI is InChI=1S/C17H25N3/c1-4-13(2)17(14-8-6-5-7-9-14)15(18-3)12-16-19-10-11-20-16/h5-11,13,15,17-18H,4,12H2,1-3H3,(H,19,20). The maximum atomic E-state index is 4.37. The molecule has 0 aliphatic heterocycles. The van der Waals surface area contributed by atoms with E-state index < -0.39 is 0 Å². The van der Waals surface area contributed by atoms with Gasteiger partial charge in [-0.1, -0.05) is 50.6 Å². The van der Waals surface area contributed by atoms with Gasteiger partial charge in [0.1, 0.15) is 5.82 Å². The van der Waals surface area contributed by atoms with Crippen molar-refractivity contribution in [3.63, 3.8) is 0 Å². The SMILES string of the molecule is CCC(C)C(c1ccccc1)C(Cc1ncc[nH]1)NC. The minimum absolute atomic E-state index is 0.387. The lowest BCUT2D eigenvalue weighted by atomic mass is 9.79. The number of aromatic amines is 1. The topological polar surface area (TPSA) is 40.7 Å². The average molecular weight is 271 g/mol. The van der Waals surface area contributed by atoms with Crippen LogP contribution in [0.4, 0.5) is 0 Å². The molecule has 0 spiro atoms. The third-order valence-corrected chi connectivity index (χ3v) is 4.21. The molecule has 0 amide bonds. The summed E-state index contributed by atoms with van der Waals surface area (Å²) in [6, 6.07) is 11.2. The maximum Gasteiger partial charge on any atom is 0.107 e. The summed E-state index contributed by atoms with van der Waals surface area (Å²) in [4.78, 5) is 7.58. The summed E-state index contributed by atoms with van der Waals surface area (Å²) >= 11 is 0. The Hall–Kier alpha value is -1.61. The van der Waals surface area contributed by atoms with Gasteiger partial charge in [-0.3, -0.25) is 0 Å². The van der Waals surface area contributed by atoms with Crippen molar-refractivity contribution in [2.75, 3.05) is 7.05 Å². The monoisotopic (exact) mass is 271 g/mol. The molecule has 108 valence electrons. The maximum absolute atomic E-state index is 4.37. The van der Waals surface area contributed by atoms with Crippen molar-refractivity contribution in [1.82, 2.24) is 15.3 Å². The summed E-state index contributed by atoms with van der Waals surface area (Å²) < 4.78 is 0. The zero-order valence-corrected chi connectivity index (χ0v) is 12.6. The van der Waals surface area contributed by atoms with Crippen LogP contribution < -0.4 is 5.32 Å². The summed E-state index contributed by atoms with van der Waals surface area (Å²) in [6.45, 7) is 4.60. The number of rotatable bonds is 7. The van der Waals surface area contributed by atoms with Crippen molar-refractivity contribution in [2.45, 2.75) is 38.6 Å². The Bertz CT molecular complexity index is 478. The zero-order valence-electron chi connectivity index (χ0n) is 12.6. The number of hydrogen-bond donors (Lipinski definition) is 2. The van der Waals surface area contributed by atoms with E-state index in [1.54, 1.807) is 0 Å². The second-order valence-corrected chi connectivity index (χ2v) is 5.46. The minimum atomic E-state index is 0.387. The Morgan fingerprint density at radius 1 is 1.25 bits per heavy atom. The molecule has 2 N–H and O–H groups in total. The van der Waals surface area contributed by atoms with E-state index in [9.17, 15) is 0 Å². The Balaban J connectivity index is 2.24. The van der Waals surface area contributed by atoms with E-state index in [2.05, 4.69) is 59.5 Å². The second-order valence-electron chi connectivity index (χ2n) is 5.46. The molecule has 3 unspecified atom stereocenters. The fourth-order valence-corrected chi connectivity index (χ4v) is 2.91. The van der Waals surface area contributed by atoms with E-state index in [4.69, 9.17) is 0 Å². The summed E-state index contributed by atoms with van der Waals surface area (Å²) in [5, 5.41) is 3.49. The fourth-order valence-electron chi connectivity index (χ4n) is 2.91. The molecule has 1 aromatic heterocycles. The highest BCUT2D eigenvalue weighted by Gasteiger charge is 2.27. The van der Waals surface area contributed by atoms with Crippen molar-refractivity contribution in [1.29, 1.82) is 0 Å².